The predicted molar refractivity (Wildman–Crippen MR) is 56.3 cm³/mol. The molecule has 0 spiro atoms. The molecule has 0 aliphatic carbocycles. The van der Waals surface area contributed by atoms with E-state index in [9.17, 15) is 0 Å². The SMILES string of the molecule is COCc1nc2c(C)c(C)ccc2[nH]1. The van der Waals surface area contributed by atoms with E-state index in [1.54, 1.807) is 7.11 Å². The van der Waals surface area contributed by atoms with Crippen LogP contribution in [0.1, 0.15) is 17.0 Å². The Bertz CT molecular complexity index is 460. The Balaban J connectivity index is 2.59. The Labute approximate surface area is 83.1 Å². The molecule has 74 valence electrons. The molecule has 0 fully saturated rings. The van der Waals surface area contributed by atoms with E-state index in [0.717, 1.165) is 16.9 Å². The minimum atomic E-state index is 0.535. The molecular formula is C11H14N2O. The lowest BCUT2D eigenvalue weighted by Crippen LogP contribution is -1.88. The second-order valence-electron chi connectivity index (χ2n) is 3.52. The smallest absolute Gasteiger partial charge is 0.133 e. The number of fused-ring (bicyclic) bond motifs is 1. The summed E-state index contributed by atoms with van der Waals surface area (Å²) in [4.78, 5) is 7.71. The summed E-state index contributed by atoms with van der Waals surface area (Å²) in [5, 5.41) is 0. The molecule has 3 heteroatoms. The Morgan fingerprint density at radius 1 is 1.36 bits per heavy atom. The number of rotatable bonds is 2. The van der Waals surface area contributed by atoms with Gasteiger partial charge in [0, 0.05) is 7.11 Å². The second kappa shape index (κ2) is 3.42. The molecule has 0 saturated carbocycles. The van der Waals surface area contributed by atoms with Gasteiger partial charge in [0.25, 0.3) is 0 Å². The molecule has 0 amide bonds. The van der Waals surface area contributed by atoms with Crippen LogP contribution in [-0.4, -0.2) is 17.1 Å². The zero-order chi connectivity index (χ0) is 10.1. The molecule has 1 aromatic heterocycles. The fourth-order valence-corrected chi connectivity index (χ4v) is 1.57. The van der Waals surface area contributed by atoms with Crippen molar-refractivity contribution in [1.82, 2.24) is 9.97 Å². The molecule has 3 nitrogen and oxygen atoms in total. The van der Waals surface area contributed by atoms with E-state index in [1.807, 2.05) is 0 Å². The number of ether oxygens (including phenoxy) is 1. The Hall–Kier alpha value is -1.35. The van der Waals surface area contributed by atoms with E-state index in [0.29, 0.717) is 6.61 Å². The van der Waals surface area contributed by atoms with Crippen molar-refractivity contribution < 1.29 is 4.74 Å². The van der Waals surface area contributed by atoms with E-state index in [1.165, 1.54) is 11.1 Å². The second-order valence-corrected chi connectivity index (χ2v) is 3.52. The van der Waals surface area contributed by atoms with Gasteiger partial charge in [-0.05, 0) is 31.0 Å². The minimum absolute atomic E-state index is 0.535. The maximum atomic E-state index is 5.03. The largest absolute Gasteiger partial charge is 0.377 e. The number of hydrogen-bond donors (Lipinski definition) is 1. The average Bonchev–Trinajstić information content (AvgIpc) is 2.56. The van der Waals surface area contributed by atoms with Crippen LogP contribution in [0.3, 0.4) is 0 Å². The monoisotopic (exact) mass is 190 g/mol. The molecule has 0 aliphatic rings. The summed E-state index contributed by atoms with van der Waals surface area (Å²) in [5.74, 6) is 0.885. The van der Waals surface area contributed by atoms with Crippen molar-refractivity contribution in [3.63, 3.8) is 0 Å². The summed E-state index contributed by atoms with van der Waals surface area (Å²) in [6.07, 6.45) is 0. The fraction of sp³-hybridized carbons (Fsp3) is 0.364. The van der Waals surface area contributed by atoms with Crippen molar-refractivity contribution in [2.75, 3.05) is 7.11 Å². The van der Waals surface area contributed by atoms with Crippen LogP contribution in [0.25, 0.3) is 11.0 Å². The lowest BCUT2D eigenvalue weighted by Gasteiger charge is -1.98. The lowest BCUT2D eigenvalue weighted by atomic mass is 10.1. The van der Waals surface area contributed by atoms with Gasteiger partial charge in [-0.3, -0.25) is 0 Å². The zero-order valence-corrected chi connectivity index (χ0v) is 8.72. The van der Waals surface area contributed by atoms with E-state index in [-0.39, 0.29) is 0 Å². The van der Waals surface area contributed by atoms with Gasteiger partial charge in [0.05, 0.1) is 11.0 Å². The lowest BCUT2D eigenvalue weighted by molar-refractivity contribution is 0.179. The van der Waals surface area contributed by atoms with Gasteiger partial charge >= 0.3 is 0 Å². The third kappa shape index (κ3) is 1.40. The minimum Gasteiger partial charge on any atom is -0.377 e. The van der Waals surface area contributed by atoms with Crippen LogP contribution in [0.5, 0.6) is 0 Å². The van der Waals surface area contributed by atoms with Gasteiger partial charge in [0.15, 0.2) is 0 Å². The van der Waals surface area contributed by atoms with E-state index in [4.69, 9.17) is 4.74 Å². The third-order valence-corrected chi connectivity index (χ3v) is 2.51. The van der Waals surface area contributed by atoms with E-state index < -0.39 is 0 Å². The number of aromatic nitrogens is 2. The predicted octanol–water partition coefficient (Wildman–Crippen LogP) is 2.33. The number of H-pyrrole nitrogens is 1. The van der Waals surface area contributed by atoms with Gasteiger partial charge in [-0.2, -0.15) is 0 Å². The molecule has 14 heavy (non-hydrogen) atoms. The summed E-state index contributed by atoms with van der Waals surface area (Å²) in [7, 11) is 1.67. The first kappa shape index (κ1) is 9.21. The number of nitrogens with zero attached hydrogens (tertiary/aromatic N) is 1. The molecule has 2 aromatic rings. The number of nitrogens with one attached hydrogen (secondary N) is 1. The molecule has 0 aliphatic heterocycles. The standard InChI is InChI=1S/C11H14N2O/c1-7-4-5-9-11(8(7)2)13-10(12-9)6-14-3/h4-5H,6H2,1-3H3,(H,12,13). The molecule has 0 unspecified atom stereocenters. The molecular weight excluding hydrogens is 176 g/mol. The summed E-state index contributed by atoms with van der Waals surface area (Å²) >= 11 is 0. The number of imidazole rings is 1. The van der Waals surface area contributed by atoms with E-state index >= 15 is 0 Å². The van der Waals surface area contributed by atoms with Crippen LogP contribution in [0.2, 0.25) is 0 Å². The van der Waals surface area contributed by atoms with Gasteiger partial charge in [-0.1, -0.05) is 6.07 Å². The Morgan fingerprint density at radius 2 is 2.14 bits per heavy atom. The number of benzene rings is 1. The van der Waals surface area contributed by atoms with Gasteiger partial charge in [0.2, 0.25) is 0 Å². The Morgan fingerprint density at radius 3 is 2.86 bits per heavy atom. The number of hydrogen-bond acceptors (Lipinski definition) is 2. The zero-order valence-electron chi connectivity index (χ0n) is 8.72. The third-order valence-electron chi connectivity index (χ3n) is 2.51. The van der Waals surface area contributed by atoms with Crippen molar-refractivity contribution in [2.45, 2.75) is 20.5 Å². The summed E-state index contributed by atoms with van der Waals surface area (Å²) in [6.45, 7) is 4.72. The first-order valence-electron chi connectivity index (χ1n) is 4.66. The summed E-state index contributed by atoms with van der Waals surface area (Å²) in [5.41, 5.74) is 4.64. The topological polar surface area (TPSA) is 37.9 Å². The summed E-state index contributed by atoms with van der Waals surface area (Å²) in [6, 6.07) is 4.16. The summed E-state index contributed by atoms with van der Waals surface area (Å²) < 4.78 is 5.03. The van der Waals surface area contributed by atoms with Gasteiger partial charge < -0.3 is 9.72 Å². The maximum Gasteiger partial charge on any atom is 0.133 e. The van der Waals surface area contributed by atoms with Crippen molar-refractivity contribution in [3.8, 4) is 0 Å². The first-order valence-corrected chi connectivity index (χ1v) is 4.66. The van der Waals surface area contributed by atoms with E-state index in [2.05, 4.69) is 35.9 Å². The van der Waals surface area contributed by atoms with Crippen LogP contribution < -0.4 is 0 Å². The molecule has 1 N–H and O–H groups in total. The highest BCUT2D eigenvalue weighted by molar-refractivity contribution is 5.79. The van der Waals surface area contributed by atoms with Crippen molar-refractivity contribution in [1.29, 1.82) is 0 Å². The van der Waals surface area contributed by atoms with Crippen LogP contribution in [0, 0.1) is 13.8 Å². The molecule has 0 atom stereocenters. The number of methoxy groups -OCH3 is 1. The molecule has 0 bridgehead atoms. The van der Waals surface area contributed by atoms with Crippen LogP contribution in [-0.2, 0) is 11.3 Å². The average molecular weight is 190 g/mol. The normalized spacial score (nSPS) is 11.1. The van der Waals surface area contributed by atoms with Gasteiger partial charge in [-0.25, -0.2) is 4.98 Å². The van der Waals surface area contributed by atoms with Crippen molar-refractivity contribution in [2.24, 2.45) is 0 Å². The molecule has 1 aromatic carbocycles. The quantitative estimate of drug-likeness (QED) is 0.789. The van der Waals surface area contributed by atoms with Gasteiger partial charge in [0.1, 0.15) is 12.4 Å². The molecule has 1 heterocycles. The molecule has 0 saturated heterocycles. The Kier molecular flexibility index (Phi) is 2.25. The molecule has 2 rings (SSSR count). The van der Waals surface area contributed by atoms with Crippen LogP contribution >= 0.6 is 0 Å². The molecule has 0 radical (unpaired) electrons. The number of aromatic amines is 1. The highest BCUT2D eigenvalue weighted by Gasteiger charge is 2.05. The number of aryl methyl sites for hydroxylation is 2. The van der Waals surface area contributed by atoms with Crippen LogP contribution in [0.15, 0.2) is 12.1 Å². The maximum absolute atomic E-state index is 5.03. The first-order chi connectivity index (χ1) is 6.72. The fourth-order valence-electron chi connectivity index (χ4n) is 1.57. The highest BCUT2D eigenvalue weighted by Crippen LogP contribution is 2.19. The van der Waals surface area contributed by atoms with Crippen molar-refractivity contribution >= 4 is 11.0 Å². The van der Waals surface area contributed by atoms with Gasteiger partial charge in [-0.15, -0.1) is 0 Å². The van der Waals surface area contributed by atoms with Crippen molar-refractivity contribution in [3.05, 3.63) is 29.1 Å². The van der Waals surface area contributed by atoms with Crippen LogP contribution in [0.4, 0.5) is 0 Å². The highest BCUT2D eigenvalue weighted by atomic mass is 16.5.